The lowest BCUT2D eigenvalue weighted by Gasteiger charge is -2.10. The summed E-state index contributed by atoms with van der Waals surface area (Å²) in [7, 11) is -3.45. The van der Waals surface area contributed by atoms with Crippen LogP contribution in [0.15, 0.2) is 17.2 Å². The molecule has 0 bridgehead atoms. The highest BCUT2D eigenvalue weighted by Gasteiger charge is 2.17. The van der Waals surface area contributed by atoms with Gasteiger partial charge in [0, 0.05) is 17.9 Å². The van der Waals surface area contributed by atoms with E-state index in [2.05, 4.69) is 9.71 Å². The lowest BCUT2D eigenvalue weighted by molar-refractivity contribution is 0.277. The molecule has 1 aromatic heterocycles. The number of hydrogen-bond donors (Lipinski definition) is 3. The van der Waals surface area contributed by atoms with Crippen molar-refractivity contribution < 1.29 is 13.5 Å². The Kier molecular flexibility index (Phi) is 3.90. The zero-order valence-corrected chi connectivity index (χ0v) is 9.63. The van der Waals surface area contributed by atoms with E-state index in [4.69, 9.17) is 5.11 Å². The first-order valence-corrected chi connectivity index (χ1v) is 6.28. The molecule has 86 valence electrons. The van der Waals surface area contributed by atoms with Gasteiger partial charge in [-0.2, -0.15) is 0 Å². The molecule has 1 aromatic rings. The molecule has 0 amide bonds. The van der Waals surface area contributed by atoms with Crippen molar-refractivity contribution in [2.45, 2.75) is 37.8 Å². The third kappa shape index (κ3) is 3.05. The second-order valence-electron chi connectivity index (χ2n) is 3.45. The Hall–Kier alpha value is -0.850. The number of aliphatic hydroxyl groups is 1. The van der Waals surface area contributed by atoms with E-state index in [0.29, 0.717) is 5.69 Å². The van der Waals surface area contributed by atoms with Crippen LogP contribution in [0.25, 0.3) is 0 Å². The third-order valence-electron chi connectivity index (χ3n) is 2.17. The van der Waals surface area contributed by atoms with E-state index in [9.17, 15) is 8.42 Å². The summed E-state index contributed by atoms with van der Waals surface area (Å²) in [6, 6.07) is 1.33. The highest BCUT2D eigenvalue weighted by Crippen LogP contribution is 2.11. The van der Waals surface area contributed by atoms with Gasteiger partial charge in [-0.1, -0.05) is 6.92 Å². The van der Waals surface area contributed by atoms with Gasteiger partial charge in [0.25, 0.3) is 0 Å². The largest absolute Gasteiger partial charge is 0.390 e. The number of sulfonamides is 1. The molecule has 0 radical (unpaired) electrons. The zero-order chi connectivity index (χ0) is 11.5. The Labute approximate surface area is 89.6 Å². The average molecular weight is 232 g/mol. The van der Waals surface area contributed by atoms with E-state index in [1.54, 1.807) is 6.92 Å². The van der Waals surface area contributed by atoms with Crippen LogP contribution in [0.2, 0.25) is 0 Å². The highest BCUT2D eigenvalue weighted by molar-refractivity contribution is 7.89. The van der Waals surface area contributed by atoms with Crippen LogP contribution >= 0.6 is 0 Å². The van der Waals surface area contributed by atoms with Gasteiger partial charge in [-0.15, -0.1) is 0 Å². The Morgan fingerprint density at radius 3 is 2.73 bits per heavy atom. The summed E-state index contributed by atoms with van der Waals surface area (Å²) in [5, 5.41) is 8.80. The molecular formula is C9H16N2O3S. The number of aromatic nitrogens is 1. The van der Waals surface area contributed by atoms with E-state index in [-0.39, 0.29) is 17.5 Å². The van der Waals surface area contributed by atoms with Gasteiger partial charge in [0.05, 0.1) is 11.5 Å². The minimum atomic E-state index is -3.45. The predicted octanol–water partition coefficient (Wildman–Crippen LogP) is 0.584. The molecule has 1 heterocycles. The summed E-state index contributed by atoms with van der Waals surface area (Å²) in [5.41, 5.74) is 0.486. The Morgan fingerprint density at radius 1 is 1.60 bits per heavy atom. The minimum Gasteiger partial charge on any atom is -0.390 e. The SMILES string of the molecule is CCC(C)NS(=O)(=O)c1c[nH]c(CO)c1. The smallest absolute Gasteiger partial charge is 0.242 e. The fourth-order valence-corrected chi connectivity index (χ4v) is 2.43. The number of aliphatic hydroxyl groups excluding tert-OH is 1. The van der Waals surface area contributed by atoms with Crippen molar-refractivity contribution >= 4 is 10.0 Å². The van der Waals surface area contributed by atoms with Crippen molar-refractivity contribution in [3.63, 3.8) is 0 Å². The van der Waals surface area contributed by atoms with E-state index in [0.717, 1.165) is 6.42 Å². The van der Waals surface area contributed by atoms with Crippen LogP contribution in [0.5, 0.6) is 0 Å². The molecule has 3 N–H and O–H groups in total. The fourth-order valence-electron chi connectivity index (χ4n) is 1.08. The number of nitrogens with one attached hydrogen (secondary N) is 2. The topological polar surface area (TPSA) is 82.2 Å². The predicted molar refractivity (Wildman–Crippen MR) is 56.8 cm³/mol. The van der Waals surface area contributed by atoms with Gasteiger partial charge >= 0.3 is 0 Å². The Bertz CT molecular complexity index is 411. The highest BCUT2D eigenvalue weighted by atomic mass is 32.2. The number of H-pyrrole nitrogens is 1. The maximum atomic E-state index is 11.7. The van der Waals surface area contributed by atoms with Gasteiger partial charge in [0.15, 0.2) is 0 Å². The summed E-state index contributed by atoms with van der Waals surface area (Å²) < 4.78 is 26.0. The third-order valence-corrected chi connectivity index (χ3v) is 3.73. The molecule has 0 saturated carbocycles. The van der Waals surface area contributed by atoms with Crippen LogP contribution in [0.4, 0.5) is 0 Å². The standard InChI is InChI=1S/C9H16N2O3S/c1-3-7(2)11-15(13,14)9-4-8(6-12)10-5-9/h4-5,7,10-12H,3,6H2,1-2H3. The molecule has 0 fully saturated rings. The summed E-state index contributed by atoms with van der Waals surface area (Å²) in [5.74, 6) is 0. The molecule has 0 aliphatic rings. The molecule has 5 nitrogen and oxygen atoms in total. The van der Waals surface area contributed by atoms with Crippen LogP contribution < -0.4 is 4.72 Å². The molecule has 0 aromatic carbocycles. The molecule has 0 aliphatic heterocycles. The van der Waals surface area contributed by atoms with Gasteiger partial charge in [-0.3, -0.25) is 0 Å². The second-order valence-corrected chi connectivity index (χ2v) is 5.16. The lowest BCUT2D eigenvalue weighted by atomic mass is 10.3. The molecule has 1 rings (SSSR count). The van der Waals surface area contributed by atoms with Crippen LogP contribution in [0, 0.1) is 0 Å². The normalized spacial score (nSPS) is 14.1. The number of hydrogen-bond acceptors (Lipinski definition) is 3. The van der Waals surface area contributed by atoms with Crippen molar-refractivity contribution in [2.24, 2.45) is 0 Å². The van der Waals surface area contributed by atoms with Crippen molar-refractivity contribution in [2.75, 3.05) is 0 Å². The van der Waals surface area contributed by atoms with Crippen LogP contribution in [-0.4, -0.2) is 24.6 Å². The summed E-state index contributed by atoms with van der Waals surface area (Å²) in [6.07, 6.45) is 2.10. The van der Waals surface area contributed by atoms with Crippen molar-refractivity contribution in [1.29, 1.82) is 0 Å². The molecule has 0 saturated heterocycles. The van der Waals surface area contributed by atoms with Crippen molar-refractivity contribution in [3.8, 4) is 0 Å². The van der Waals surface area contributed by atoms with Crippen LogP contribution in [0.3, 0.4) is 0 Å². The first-order valence-electron chi connectivity index (χ1n) is 4.80. The van der Waals surface area contributed by atoms with Gasteiger partial charge in [0.1, 0.15) is 0 Å². The lowest BCUT2D eigenvalue weighted by Crippen LogP contribution is -2.31. The molecule has 6 heteroatoms. The molecule has 15 heavy (non-hydrogen) atoms. The van der Waals surface area contributed by atoms with Crippen molar-refractivity contribution in [3.05, 3.63) is 18.0 Å². The maximum Gasteiger partial charge on any atom is 0.242 e. The zero-order valence-electron chi connectivity index (χ0n) is 8.82. The molecule has 1 unspecified atom stereocenters. The summed E-state index contributed by atoms with van der Waals surface area (Å²) in [6.45, 7) is 3.51. The second kappa shape index (κ2) is 4.78. The van der Waals surface area contributed by atoms with Gasteiger partial charge < -0.3 is 10.1 Å². The first kappa shape index (κ1) is 12.2. The van der Waals surface area contributed by atoms with E-state index in [1.807, 2.05) is 6.92 Å². The molecule has 1 atom stereocenters. The first-order chi connectivity index (χ1) is 6.99. The van der Waals surface area contributed by atoms with E-state index >= 15 is 0 Å². The monoisotopic (exact) mass is 232 g/mol. The fraction of sp³-hybridized carbons (Fsp3) is 0.556. The molecule has 0 aliphatic carbocycles. The number of aromatic amines is 1. The van der Waals surface area contributed by atoms with Crippen LogP contribution in [-0.2, 0) is 16.6 Å². The van der Waals surface area contributed by atoms with Gasteiger partial charge in [0.2, 0.25) is 10.0 Å². The molecule has 0 spiro atoms. The van der Waals surface area contributed by atoms with E-state index < -0.39 is 10.0 Å². The van der Waals surface area contributed by atoms with Crippen molar-refractivity contribution in [1.82, 2.24) is 9.71 Å². The number of rotatable bonds is 5. The molecular weight excluding hydrogens is 216 g/mol. The van der Waals surface area contributed by atoms with E-state index in [1.165, 1.54) is 12.3 Å². The van der Waals surface area contributed by atoms with Crippen LogP contribution in [0.1, 0.15) is 26.0 Å². The Balaban J connectivity index is 2.86. The van der Waals surface area contributed by atoms with Gasteiger partial charge in [-0.25, -0.2) is 13.1 Å². The van der Waals surface area contributed by atoms with Gasteiger partial charge in [-0.05, 0) is 19.4 Å². The quantitative estimate of drug-likeness (QED) is 0.694. The Morgan fingerprint density at radius 2 is 2.27 bits per heavy atom. The average Bonchev–Trinajstić information content (AvgIpc) is 2.65. The summed E-state index contributed by atoms with van der Waals surface area (Å²) in [4.78, 5) is 2.84. The summed E-state index contributed by atoms with van der Waals surface area (Å²) >= 11 is 0. The maximum absolute atomic E-state index is 11.7. The minimum absolute atomic E-state index is 0.0949.